The first-order chi connectivity index (χ1) is 12.8. The van der Waals surface area contributed by atoms with E-state index in [1.165, 1.54) is 31.9 Å². The molecular formula is C19H28FN3O3S. The Morgan fingerprint density at radius 2 is 1.89 bits per heavy atom. The second-order valence-corrected chi connectivity index (χ2v) is 9.71. The predicted octanol–water partition coefficient (Wildman–Crippen LogP) is 1.47. The summed E-state index contributed by atoms with van der Waals surface area (Å²) in [6, 6.07) is 3.99. The summed E-state index contributed by atoms with van der Waals surface area (Å²) in [5.41, 5.74) is -0.157. The Hall–Kier alpha value is -1.51. The lowest BCUT2D eigenvalue weighted by atomic mass is 10.0. The first kappa shape index (κ1) is 20.2. The summed E-state index contributed by atoms with van der Waals surface area (Å²) in [7, 11) is -1.35. The molecule has 0 radical (unpaired) electrons. The van der Waals surface area contributed by atoms with Crippen LogP contribution < -0.4 is 0 Å². The molecule has 150 valence electrons. The van der Waals surface area contributed by atoms with Crippen LogP contribution >= 0.6 is 0 Å². The van der Waals surface area contributed by atoms with Gasteiger partial charge in [-0.25, -0.2) is 12.8 Å². The van der Waals surface area contributed by atoms with E-state index < -0.39 is 21.6 Å². The van der Waals surface area contributed by atoms with E-state index in [0.29, 0.717) is 19.1 Å². The first-order valence-corrected chi connectivity index (χ1v) is 11.2. The van der Waals surface area contributed by atoms with Crippen molar-refractivity contribution >= 4 is 15.7 Å². The fraction of sp³-hybridized carbons (Fsp3) is 0.632. The normalized spacial score (nSPS) is 22.8. The maximum atomic E-state index is 14.2. The van der Waals surface area contributed by atoms with E-state index in [9.17, 15) is 17.6 Å². The summed E-state index contributed by atoms with van der Waals surface area (Å²) in [6.45, 7) is 6.29. The van der Waals surface area contributed by atoms with Gasteiger partial charge in [-0.1, -0.05) is 6.92 Å². The van der Waals surface area contributed by atoms with E-state index in [0.717, 1.165) is 32.2 Å². The van der Waals surface area contributed by atoms with Crippen LogP contribution in [0.5, 0.6) is 0 Å². The number of likely N-dealkylation sites (tertiary alicyclic amines) is 1. The number of piperidine rings is 1. The zero-order valence-corrected chi connectivity index (χ0v) is 16.8. The van der Waals surface area contributed by atoms with Crippen LogP contribution in [-0.4, -0.2) is 87.1 Å². The molecule has 6 nitrogen and oxygen atoms in total. The topological polar surface area (TPSA) is 60.9 Å². The highest BCUT2D eigenvalue weighted by molar-refractivity contribution is 7.91. The molecule has 0 bridgehead atoms. The maximum absolute atomic E-state index is 14.2. The molecule has 0 aromatic heterocycles. The Labute approximate surface area is 160 Å². The van der Waals surface area contributed by atoms with Gasteiger partial charge in [0.25, 0.3) is 5.91 Å². The number of amides is 1. The molecule has 0 N–H and O–H groups in total. The minimum Gasteiger partial charge on any atom is -0.336 e. The molecule has 1 amide bonds. The minimum atomic E-state index is -3.48. The van der Waals surface area contributed by atoms with Gasteiger partial charge in [0.05, 0.1) is 16.2 Å². The average Bonchev–Trinajstić information content (AvgIpc) is 2.68. The van der Waals surface area contributed by atoms with Crippen LogP contribution in [0, 0.1) is 5.82 Å². The third-order valence-corrected chi connectivity index (χ3v) is 7.36. The summed E-state index contributed by atoms with van der Waals surface area (Å²) in [5, 5.41) is 0. The van der Waals surface area contributed by atoms with Gasteiger partial charge < -0.3 is 9.80 Å². The van der Waals surface area contributed by atoms with Gasteiger partial charge in [-0.3, -0.25) is 9.69 Å². The molecule has 1 atom stereocenters. The predicted molar refractivity (Wildman–Crippen MR) is 102 cm³/mol. The quantitative estimate of drug-likeness (QED) is 0.720. The highest BCUT2D eigenvalue weighted by atomic mass is 32.2. The van der Waals surface area contributed by atoms with Crippen LogP contribution in [0.1, 0.15) is 30.1 Å². The van der Waals surface area contributed by atoms with Gasteiger partial charge in [0, 0.05) is 38.8 Å². The van der Waals surface area contributed by atoms with Crippen molar-refractivity contribution in [2.24, 2.45) is 0 Å². The van der Waals surface area contributed by atoms with Crippen LogP contribution in [0.25, 0.3) is 0 Å². The first-order valence-electron chi connectivity index (χ1n) is 9.56. The van der Waals surface area contributed by atoms with Crippen LogP contribution in [0.2, 0.25) is 0 Å². The van der Waals surface area contributed by atoms with Crippen molar-refractivity contribution in [3.63, 3.8) is 0 Å². The van der Waals surface area contributed by atoms with Crippen molar-refractivity contribution < 1.29 is 17.6 Å². The highest BCUT2D eigenvalue weighted by Crippen LogP contribution is 2.21. The lowest BCUT2D eigenvalue weighted by Gasteiger charge is -2.42. The number of carbonyl (C=O) groups excluding carboxylic acids is 1. The van der Waals surface area contributed by atoms with Gasteiger partial charge in [-0.15, -0.1) is 0 Å². The highest BCUT2D eigenvalue weighted by Gasteiger charge is 2.30. The number of nitrogens with zero attached hydrogens (tertiary/aromatic N) is 3. The molecule has 27 heavy (non-hydrogen) atoms. The monoisotopic (exact) mass is 397 g/mol. The van der Waals surface area contributed by atoms with Crippen molar-refractivity contribution in [3.05, 3.63) is 29.6 Å². The molecular weight excluding hydrogens is 369 g/mol. The number of sulfone groups is 1. The number of likely N-dealkylation sites (N-methyl/N-ethyl adjacent to an activating group) is 1. The van der Waals surface area contributed by atoms with Crippen LogP contribution in [-0.2, 0) is 9.84 Å². The van der Waals surface area contributed by atoms with Gasteiger partial charge in [0.15, 0.2) is 9.84 Å². The van der Waals surface area contributed by atoms with Crippen LogP contribution in [0.4, 0.5) is 4.39 Å². The van der Waals surface area contributed by atoms with Crippen molar-refractivity contribution in [1.29, 1.82) is 0 Å². The summed E-state index contributed by atoms with van der Waals surface area (Å²) < 4.78 is 38.3. The molecule has 1 aromatic rings. The Kier molecular flexibility index (Phi) is 6.18. The number of hydrogen-bond donors (Lipinski definition) is 0. The zero-order chi connectivity index (χ0) is 19.6. The number of hydrogen-bond acceptors (Lipinski definition) is 5. The Morgan fingerprint density at radius 3 is 2.52 bits per heavy atom. The molecule has 0 spiro atoms. The van der Waals surface area contributed by atoms with Gasteiger partial charge in [-0.05, 0) is 44.6 Å². The van der Waals surface area contributed by atoms with Crippen molar-refractivity contribution in [2.45, 2.75) is 30.7 Å². The molecule has 2 heterocycles. The second kappa shape index (κ2) is 8.24. The van der Waals surface area contributed by atoms with Crippen molar-refractivity contribution in [2.75, 3.05) is 52.1 Å². The van der Waals surface area contributed by atoms with E-state index in [2.05, 4.69) is 16.8 Å². The summed E-state index contributed by atoms with van der Waals surface area (Å²) in [4.78, 5) is 19.2. The smallest absolute Gasteiger partial charge is 0.256 e. The third kappa shape index (κ3) is 4.50. The molecule has 1 unspecified atom stereocenters. The van der Waals surface area contributed by atoms with E-state index >= 15 is 0 Å². The van der Waals surface area contributed by atoms with Crippen molar-refractivity contribution in [1.82, 2.24) is 14.7 Å². The van der Waals surface area contributed by atoms with Crippen LogP contribution in [0.3, 0.4) is 0 Å². The third-order valence-electron chi connectivity index (χ3n) is 5.62. The molecule has 2 fully saturated rings. The number of piperazine rings is 1. The Balaban J connectivity index is 1.68. The molecule has 3 rings (SSSR count). The Bertz CT molecular complexity index is 791. The van der Waals surface area contributed by atoms with Crippen LogP contribution in [0.15, 0.2) is 23.1 Å². The van der Waals surface area contributed by atoms with E-state index in [1.807, 2.05) is 0 Å². The maximum Gasteiger partial charge on any atom is 0.256 e. The largest absolute Gasteiger partial charge is 0.336 e. The summed E-state index contributed by atoms with van der Waals surface area (Å²) in [6.07, 6.45) is 2.36. The molecule has 1 aromatic carbocycles. The zero-order valence-electron chi connectivity index (χ0n) is 16.0. The molecule has 0 saturated carbocycles. The molecule has 8 heteroatoms. The summed E-state index contributed by atoms with van der Waals surface area (Å²) in [5.74, 6) is -1.19. The average molecular weight is 398 g/mol. The SMILES string of the molecule is CCS(=O)(=O)c1ccc(F)c(C(=O)N2CCN(C3CCCN(C)C3)CC2)c1. The number of rotatable bonds is 4. The molecule has 0 aliphatic carbocycles. The van der Waals surface area contributed by atoms with E-state index in [-0.39, 0.29) is 16.2 Å². The number of halogens is 1. The van der Waals surface area contributed by atoms with Gasteiger partial charge in [-0.2, -0.15) is 0 Å². The summed E-state index contributed by atoms with van der Waals surface area (Å²) >= 11 is 0. The van der Waals surface area contributed by atoms with Gasteiger partial charge in [0.1, 0.15) is 5.82 Å². The molecule has 2 saturated heterocycles. The van der Waals surface area contributed by atoms with E-state index in [4.69, 9.17) is 0 Å². The van der Waals surface area contributed by atoms with Crippen molar-refractivity contribution in [3.8, 4) is 0 Å². The second-order valence-electron chi connectivity index (χ2n) is 7.43. The Morgan fingerprint density at radius 1 is 1.19 bits per heavy atom. The standard InChI is InChI=1S/C19H28FN3O3S/c1-3-27(25,26)16-6-7-18(20)17(13-16)19(24)23-11-9-22(10-12-23)15-5-4-8-21(2)14-15/h6-7,13,15H,3-5,8-12,14H2,1-2H3. The molecule has 2 aliphatic rings. The van der Waals surface area contributed by atoms with Gasteiger partial charge >= 0.3 is 0 Å². The minimum absolute atomic E-state index is 0.00127. The fourth-order valence-electron chi connectivity index (χ4n) is 3.93. The molecule has 2 aliphatic heterocycles. The number of carbonyl (C=O) groups is 1. The fourth-order valence-corrected chi connectivity index (χ4v) is 4.83. The lowest BCUT2D eigenvalue weighted by Crippen LogP contribution is -2.55. The van der Waals surface area contributed by atoms with E-state index in [1.54, 1.807) is 4.90 Å². The van der Waals surface area contributed by atoms with Gasteiger partial charge in [0.2, 0.25) is 0 Å². The number of benzene rings is 1. The lowest BCUT2D eigenvalue weighted by molar-refractivity contribution is 0.0449.